The van der Waals surface area contributed by atoms with Crippen LogP contribution in [0.5, 0.6) is 0 Å². The first-order chi connectivity index (χ1) is 7.49. The van der Waals surface area contributed by atoms with Gasteiger partial charge in [-0.1, -0.05) is 27.7 Å². The van der Waals surface area contributed by atoms with Crippen molar-refractivity contribution in [1.29, 1.82) is 0 Å². The van der Waals surface area contributed by atoms with E-state index in [4.69, 9.17) is 4.74 Å². The minimum absolute atomic E-state index is 0.0115. The maximum Gasteiger partial charge on any atom is 0.309 e. The topological polar surface area (TPSA) is 26.3 Å². The maximum absolute atomic E-state index is 12.0. The van der Waals surface area contributed by atoms with Crippen molar-refractivity contribution >= 4 is 5.97 Å². The van der Waals surface area contributed by atoms with Crippen molar-refractivity contribution in [3.05, 3.63) is 0 Å². The molecule has 0 aliphatic heterocycles. The van der Waals surface area contributed by atoms with E-state index >= 15 is 0 Å². The second-order valence-electron chi connectivity index (χ2n) is 5.70. The van der Waals surface area contributed by atoms with E-state index in [1.807, 2.05) is 6.92 Å². The predicted octanol–water partition coefficient (Wildman–Crippen LogP) is 3.93. The second kappa shape index (κ2) is 5.70. The Hall–Kier alpha value is -0.530. The van der Waals surface area contributed by atoms with E-state index < -0.39 is 0 Å². The van der Waals surface area contributed by atoms with Crippen LogP contribution in [0, 0.1) is 11.8 Å². The van der Waals surface area contributed by atoms with E-state index in [9.17, 15) is 4.79 Å². The summed E-state index contributed by atoms with van der Waals surface area (Å²) in [6, 6.07) is 0. The molecule has 16 heavy (non-hydrogen) atoms. The molecule has 1 fully saturated rings. The molecule has 1 aliphatic rings. The standard InChI is InChI=1S/C14H26O2/c1-5-14(8-6-7-9-14)16-13(15)12(4)10-11(2)3/h11-12H,5-10H2,1-4H3. The van der Waals surface area contributed by atoms with Crippen LogP contribution in [-0.2, 0) is 9.53 Å². The fourth-order valence-corrected chi connectivity index (χ4v) is 2.66. The predicted molar refractivity (Wildman–Crippen MR) is 66.2 cm³/mol. The summed E-state index contributed by atoms with van der Waals surface area (Å²) in [5.74, 6) is 0.616. The Bertz CT molecular complexity index is 227. The summed E-state index contributed by atoms with van der Waals surface area (Å²) in [4.78, 5) is 12.0. The van der Waals surface area contributed by atoms with Gasteiger partial charge in [0.1, 0.15) is 5.60 Å². The summed E-state index contributed by atoms with van der Waals surface area (Å²) >= 11 is 0. The van der Waals surface area contributed by atoms with Gasteiger partial charge in [-0.05, 0) is 44.4 Å². The van der Waals surface area contributed by atoms with Gasteiger partial charge in [-0.15, -0.1) is 0 Å². The van der Waals surface area contributed by atoms with Crippen LogP contribution in [0.3, 0.4) is 0 Å². The van der Waals surface area contributed by atoms with Crippen LogP contribution in [0.15, 0.2) is 0 Å². The van der Waals surface area contributed by atoms with Gasteiger partial charge in [0.2, 0.25) is 0 Å². The van der Waals surface area contributed by atoms with Gasteiger partial charge in [0.05, 0.1) is 5.92 Å². The zero-order chi connectivity index (χ0) is 12.2. The number of rotatable bonds is 5. The molecular weight excluding hydrogens is 200 g/mol. The number of ether oxygens (including phenoxy) is 1. The van der Waals surface area contributed by atoms with E-state index in [0.29, 0.717) is 5.92 Å². The molecule has 0 aromatic carbocycles. The van der Waals surface area contributed by atoms with Crippen LogP contribution >= 0.6 is 0 Å². The molecule has 1 atom stereocenters. The molecule has 1 aliphatic carbocycles. The average molecular weight is 226 g/mol. The summed E-state index contributed by atoms with van der Waals surface area (Å²) in [6.07, 6.45) is 6.43. The molecule has 0 heterocycles. The molecule has 0 bridgehead atoms. The maximum atomic E-state index is 12.0. The lowest BCUT2D eigenvalue weighted by Gasteiger charge is -2.29. The van der Waals surface area contributed by atoms with Gasteiger partial charge in [-0.25, -0.2) is 0 Å². The Morgan fingerprint density at radius 2 is 1.81 bits per heavy atom. The monoisotopic (exact) mass is 226 g/mol. The Labute approximate surface area is 99.8 Å². The largest absolute Gasteiger partial charge is 0.459 e. The molecule has 2 heteroatoms. The Balaban J connectivity index is 2.48. The van der Waals surface area contributed by atoms with E-state index in [1.165, 1.54) is 12.8 Å². The lowest BCUT2D eigenvalue weighted by Crippen LogP contribution is -2.33. The van der Waals surface area contributed by atoms with Crippen molar-refractivity contribution in [1.82, 2.24) is 0 Å². The smallest absolute Gasteiger partial charge is 0.309 e. The molecule has 1 saturated carbocycles. The first-order valence-corrected chi connectivity index (χ1v) is 6.72. The van der Waals surface area contributed by atoms with Crippen LogP contribution < -0.4 is 0 Å². The summed E-state index contributed by atoms with van der Waals surface area (Å²) in [5, 5.41) is 0. The SMILES string of the molecule is CCC1(OC(=O)C(C)CC(C)C)CCCC1. The fourth-order valence-electron chi connectivity index (χ4n) is 2.66. The van der Waals surface area contributed by atoms with Crippen LogP contribution in [0.25, 0.3) is 0 Å². The molecule has 0 spiro atoms. The van der Waals surface area contributed by atoms with Gasteiger partial charge in [-0.2, -0.15) is 0 Å². The molecule has 1 rings (SSSR count). The van der Waals surface area contributed by atoms with Crippen LogP contribution in [-0.4, -0.2) is 11.6 Å². The van der Waals surface area contributed by atoms with Crippen molar-refractivity contribution in [3.8, 4) is 0 Å². The van der Waals surface area contributed by atoms with Crippen LogP contribution in [0.2, 0.25) is 0 Å². The number of carbonyl (C=O) groups excluding carboxylic acids is 1. The highest BCUT2D eigenvalue weighted by molar-refractivity contribution is 5.72. The van der Waals surface area contributed by atoms with Crippen molar-refractivity contribution < 1.29 is 9.53 Å². The first-order valence-electron chi connectivity index (χ1n) is 6.72. The highest BCUT2D eigenvalue weighted by Crippen LogP contribution is 2.36. The van der Waals surface area contributed by atoms with Gasteiger partial charge in [0, 0.05) is 0 Å². The van der Waals surface area contributed by atoms with Gasteiger partial charge < -0.3 is 4.74 Å². The molecule has 1 unspecified atom stereocenters. The number of hydrogen-bond acceptors (Lipinski definition) is 2. The van der Waals surface area contributed by atoms with E-state index in [0.717, 1.165) is 25.7 Å². The third kappa shape index (κ3) is 3.50. The summed E-state index contributed by atoms with van der Waals surface area (Å²) < 4.78 is 5.77. The molecule has 94 valence electrons. The Morgan fingerprint density at radius 1 is 1.25 bits per heavy atom. The first kappa shape index (κ1) is 13.5. The van der Waals surface area contributed by atoms with E-state index in [1.54, 1.807) is 0 Å². The number of esters is 1. The average Bonchev–Trinajstić information content (AvgIpc) is 2.66. The lowest BCUT2D eigenvalue weighted by atomic mass is 9.96. The molecule has 0 aromatic rings. The highest BCUT2D eigenvalue weighted by atomic mass is 16.6. The number of carbonyl (C=O) groups is 1. The van der Waals surface area contributed by atoms with Crippen molar-refractivity contribution in [2.24, 2.45) is 11.8 Å². The van der Waals surface area contributed by atoms with Gasteiger partial charge >= 0.3 is 5.97 Å². The summed E-state index contributed by atoms with van der Waals surface area (Å²) in [6.45, 7) is 8.41. The van der Waals surface area contributed by atoms with Gasteiger partial charge in [-0.3, -0.25) is 4.79 Å². The van der Waals surface area contributed by atoms with Crippen molar-refractivity contribution in [2.45, 2.75) is 71.8 Å². The van der Waals surface area contributed by atoms with E-state index in [2.05, 4.69) is 20.8 Å². The zero-order valence-corrected chi connectivity index (χ0v) is 11.2. The minimum Gasteiger partial charge on any atom is -0.459 e. The highest BCUT2D eigenvalue weighted by Gasteiger charge is 2.36. The molecule has 2 nitrogen and oxygen atoms in total. The summed E-state index contributed by atoms with van der Waals surface area (Å²) in [7, 11) is 0. The zero-order valence-electron chi connectivity index (χ0n) is 11.2. The Kier molecular flexibility index (Phi) is 4.82. The van der Waals surface area contributed by atoms with Crippen molar-refractivity contribution in [3.63, 3.8) is 0 Å². The van der Waals surface area contributed by atoms with Gasteiger partial charge in [0.15, 0.2) is 0 Å². The minimum atomic E-state index is -0.123. The molecular formula is C14H26O2. The van der Waals surface area contributed by atoms with Gasteiger partial charge in [0.25, 0.3) is 0 Å². The molecule has 0 N–H and O–H groups in total. The third-order valence-electron chi connectivity index (χ3n) is 3.70. The summed E-state index contributed by atoms with van der Waals surface area (Å²) in [5.41, 5.74) is -0.123. The Morgan fingerprint density at radius 3 is 2.25 bits per heavy atom. The molecule has 0 aromatic heterocycles. The quantitative estimate of drug-likeness (QED) is 0.664. The van der Waals surface area contributed by atoms with E-state index in [-0.39, 0.29) is 17.5 Å². The molecule has 0 radical (unpaired) electrons. The second-order valence-corrected chi connectivity index (χ2v) is 5.70. The molecule has 0 saturated heterocycles. The number of hydrogen-bond donors (Lipinski definition) is 0. The molecule has 0 amide bonds. The lowest BCUT2D eigenvalue weighted by molar-refractivity contribution is -0.164. The van der Waals surface area contributed by atoms with Crippen LogP contribution in [0.4, 0.5) is 0 Å². The van der Waals surface area contributed by atoms with Crippen LogP contribution in [0.1, 0.15) is 66.2 Å². The normalized spacial score (nSPS) is 21.1. The fraction of sp³-hybridized carbons (Fsp3) is 0.929. The third-order valence-corrected chi connectivity index (χ3v) is 3.70. The van der Waals surface area contributed by atoms with Crippen molar-refractivity contribution in [2.75, 3.05) is 0 Å².